The van der Waals surface area contributed by atoms with E-state index in [2.05, 4.69) is 10.3 Å². The third-order valence-corrected chi connectivity index (χ3v) is 5.33. The monoisotopic (exact) mass is 443 g/mol. The van der Waals surface area contributed by atoms with Crippen molar-refractivity contribution in [2.45, 2.75) is 19.3 Å². The summed E-state index contributed by atoms with van der Waals surface area (Å²) >= 11 is 12.1. The number of amides is 1. The molecular formula is C18H23Cl2N5O4. The molecule has 2 aromatic rings. The number of nitrogens with zero attached hydrogens (tertiary/aromatic N) is 4. The molecule has 0 radical (unpaired) electrons. The van der Waals surface area contributed by atoms with Gasteiger partial charge in [0, 0.05) is 27.3 Å². The molecule has 1 aromatic heterocycles. The van der Waals surface area contributed by atoms with Crippen molar-refractivity contribution < 1.29 is 19.7 Å². The number of carbonyl (C=O) groups is 1. The summed E-state index contributed by atoms with van der Waals surface area (Å²) in [4.78, 5) is 20.5. The number of hydrogen-bond acceptors (Lipinski definition) is 7. The average molecular weight is 444 g/mol. The van der Waals surface area contributed by atoms with E-state index >= 15 is 0 Å². The molecule has 3 rings (SSSR count). The van der Waals surface area contributed by atoms with Gasteiger partial charge in [-0.05, 0) is 24.1 Å². The van der Waals surface area contributed by atoms with E-state index in [1.165, 1.54) is 16.9 Å². The fourth-order valence-corrected chi connectivity index (χ4v) is 3.46. The first kappa shape index (κ1) is 21.7. The number of aliphatic hydroxyl groups is 2. The Bertz CT molecular complexity index is 891. The predicted molar refractivity (Wildman–Crippen MR) is 110 cm³/mol. The number of aliphatic hydroxyl groups excluding tert-OH is 2. The number of hydrogen-bond donors (Lipinski definition) is 3. The number of anilines is 2. The van der Waals surface area contributed by atoms with Crippen LogP contribution in [0.2, 0.25) is 10.0 Å². The quantitative estimate of drug-likeness (QED) is 0.534. The Labute approximate surface area is 178 Å². The molecule has 3 N–H and O–H groups in total. The number of methoxy groups -OCH3 is 1. The molecule has 0 saturated heterocycles. The van der Waals surface area contributed by atoms with Gasteiger partial charge < -0.3 is 24.8 Å². The lowest BCUT2D eigenvalue weighted by Gasteiger charge is -2.40. The van der Waals surface area contributed by atoms with Crippen LogP contribution in [0.1, 0.15) is 22.5 Å². The summed E-state index contributed by atoms with van der Waals surface area (Å²) in [5.74, 6) is 0.404. The summed E-state index contributed by atoms with van der Waals surface area (Å²) < 4.78 is 6.84. The molecule has 0 spiro atoms. The van der Waals surface area contributed by atoms with Crippen molar-refractivity contribution in [2.75, 3.05) is 37.2 Å². The van der Waals surface area contributed by atoms with E-state index in [1.54, 1.807) is 29.8 Å². The highest BCUT2D eigenvalue weighted by atomic mass is 35.5. The van der Waals surface area contributed by atoms with E-state index in [0.717, 1.165) is 5.56 Å². The van der Waals surface area contributed by atoms with Gasteiger partial charge in [0.2, 0.25) is 12.3 Å². The maximum atomic E-state index is 13.2. The number of rotatable bonds is 8. The predicted octanol–water partition coefficient (Wildman–Crippen LogP) is 1.86. The maximum Gasteiger partial charge on any atom is 0.278 e. The smallest absolute Gasteiger partial charge is 0.278 e. The zero-order valence-corrected chi connectivity index (χ0v) is 17.6. The number of halogens is 2. The minimum atomic E-state index is -1.27. The van der Waals surface area contributed by atoms with Gasteiger partial charge in [0.25, 0.3) is 5.91 Å². The summed E-state index contributed by atoms with van der Waals surface area (Å²) in [7, 11) is 3.21. The highest BCUT2D eigenvalue weighted by Gasteiger charge is 2.41. The average Bonchev–Trinajstić information content (AvgIpc) is 3.02. The van der Waals surface area contributed by atoms with Crippen molar-refractivity contribution in [1.82, 2.24) is 14.5 Å². The topological polar surface area (TPSA) is 103 Å². The third kappa shape index (κ3) is 4.29. The second-order valence-corrected chi connectivity index (χ2v) is 7.40. The van der Waals surface area contributed by atoms with Crippen LogP contribution in [0.3, 0.4) is 0 Å². The molecule has 1 atom stereocenters. The molecule has 0 aliphatic carbocycles. The highest BCUT2D eigenvalue weighted by molar-refractivity contribution is 6.42. The third-order valence-electron chi connectivity index (χ3n) is 4.59. The summed E-state index contributed by atoms with van der Waals surface area (Å²) in [6.45, 7) is 0.692. The molecule has 1 aliphatic rings. The van der Waals surface area contributed by atoms with Crippen molar-refractivity contribution in [1.29, 1.82) is 0 Å². The lowest BCUT2D eigenvalue weighted by atomic mass is 10.2. The van der Waals surface area contributed by atoms with Crippen molar-refractivity contribution >= 4 is 40.9 Å². The van der Waals surface area contributed by atoms with Crippen LogP contribution < -0.4 is 10.2 Å². The zero-order chi connectivity index (χ0) is 21.1. The minimum Gasteiger partial charge on any atom is -0.396 e. The van der Waals surface area contributed by atoms with Crippen LogP contribution in [0.5, 0.6) is 0 Å². The summed E-state index contributed by atoms with van der Waals surface area (Å²) in [6.07, 6.45) is -0.733. The molecule has 158 valence electrons. The molecule has 2 heterocycles. The van der Waals surface area contributed by atoms with Crippen molar-refractivity contribution in [2.24, 2.45) is 7.05 Å². The number of ether oxygens (including phenoxy) is 1. The van der Waals surface area contributed by atoms with Crippen LogP contribution in [0.15, 0.2) is 18.2 Å². The first-order valence-electron chi connectivity index (χ1n) is 8.99. The molecule has 9 nitrogen and oxygen atoms in total. The van der Waals surface area contributed by atoms with E-state index < -0.39 is 6.35 Å². The SMILES string of the molecule is COCN1c2nc(NCCCO)n(C)c2C(=O)N(Cc2ccc(Cl)c(Cl)c2)C1O. The van der Waals surface area contributed by atoms with Gasteiger partial charge >= 0.3 is 0 Å². The maximum absolute atomic E-state index is 13.2. The van der Waals surface area contributed by atoms with Gasteiger partial charge in [-0.25, -0.2) is 0 Å². The molecule has 0 bridgehead atoms. The Morgan fingerprint density at radius 3 is 2.69 bits per heavy atom. The molecule has 0 saturated carbocycles. The van der Waals surface area contributed by atoms with E-state index in [4.69, 9.17) is 33.0 Å². The standard InChI is InChI=1S/C18H23Cl2N5O4/c1-23-14-15(22-17(23)21-6-3-7-26)25(10-29-2)18(28)24(16(14)27)9-11-4-5-12(19)13(20)8-11/h4-5,8,18,26,28H,3,6-7,9-10H2,1-2H3,(H,21,22). The minimum absolute atomic E-state index is 0.0341. The molecule has 1 unspecified atom stereocenters. The van der Waals surface area contributed by atoms with Crippen LogP contribution in [-0.4, -0.2) is 63.9 Å². The van der Waals surface area contributed by atoms with Gasteiger partial charge in [-0.3, -0.25) is 14.6 Å². The molecule has 1 aliphatic heterocycles. The summed E-state index contributed by atoms with van der Waals surface area (Å²) in [5.41, 5.74) is 1.04. The van der Waals surface area contributed by atoms with Crippen LogP contribution in [-0.2, 0) is 18.3 Å². The second-order valence-electron chi connectivity index (χ2n) is 6.59. The van der Waals surface area contributed by atoms with Gasteiger partial charge in [0.05, 0.1) is 16.6 Å². The van der Waals surface area contributed by atoms with E-state index in [9.17, 15) is 9.90 Å². The Hall–Kier alpha value is -2.04. The fraction of sp³-hybridized carbons (Fsp3) is 0.444. The first-order valence-corrected chi connectivity index (χ1v) is 9.74. The second kappa shape index (κ2) is 9.19. The van der Waals surface area contributed by atoms with E-state index in [1.807, 2.05) is 0 Å². The first-order chi connectivity index (χ1) is 13.9. The molecule has 1 amide bonds. The van der Waals surface area contributed by atoms with Crippen molar-refractivity contribution in [3.05, 3.63) is 39.5 Å². The van der Waals surface area contributed by atoms with Crippen molar-refractivity contribution in [3.63, 3.8) is 0 Å². The molecule has 11 heteroatoms. The van der Waals surface area contributed by atoms with Gasteiger partial charge in [-0.1, -0.05) is 29.3 Å². The van der Waals surface area contributed by atoms with Gasteiger partial charge in [0.1, 0.15) is 6.73 Å². The zero-order valence-electron chi connectivity index (χ0n) is 16.1. The Morgan fingerprint density at radius 1 is 1.28 bits per heavy atom. The van der Waals surface area contributed by atoms with Crippen LogP contribution in [0.4, 0.5) is 11.8 Å². The summed E-state index contributed by atoms with van der Waals surface area (Å²) in [6, 6.07) is 5.05. The van der Waals surface area contributed by atoms with Crippen LogP contribution in [0, 0.1) is 0 Å². The fourth-order valence-electron chi connectivity index (χ4n) is 3.13. The highest BCUT2D eigenvalue weighted by Crippen LogP contribution is 2.33. The van der Waals surface area contributed by atoms with Gasteiger partial charge in [-0.2, -0.15) is 4.98 Å². The number of benzene rings is 1. The number of carbonyl (C=O) groups excluding carboxylic acids is 1. The summed E-state index contributed by atoms with van der Waals surface area (Å²) in [5, 5.41) is 23.7. The van der Waals surface area contributed by atoms with Crippen LogP contribution >= 0.6 is 23.2 Å². The number of aromatic nitrogens is 2. The molecule has 29 heavy (non-hydrogen) atoms. The van der Waals surface area contributed by atoms with Gasteiger partial charge in [0.15, 0.2) is 11.5 Å². The molecule has 0 fully saturated rings. The Balaban J connectivity index is 1.95. The normalized spacial score (nSPS) is 16.3. The number of nitrogens with one attached hydrogen (secondary N) is 1. The molecule has 1 aromatic carbocycles. The van der Waals surface area contributed by atoms with Gasteiger partial charge in [-0.15, -0.1) is 0 Å². The van der Waals surface area contributed by atoms with E-state index in [-0.39, 0.29) is 25.8 Å². The lowest BCUT2D eigenvalue weighted by molar-refractivity contribution is -0.0157. The Kier molecular flexibility index (Phi) is 6.86. The molecular weight excluding hydrogens is 421 g/mol. The number of fused-ring (bicyclic) bond motifs is 1. The number of imidazole rings is 1. The largest absolute Gasteiger partial charge is 0.396 e. The van der Waals surface area contributed by atoms with Crippen molar-refractivity contribution in [3.8, 4) is 0 Å². The van der Waals surface area contributed by atoms with Crippen LogP contribution in [0.25, 0.3) is 0 Å². The van der Waals surface area contributed by atoms with E-state index in [0.29, 0.717) is 40.5 Å². The lowest BCUT2D eigenvalue weighted by Crippen LogP contribution is -2.55. The Morgan fingerprint density at radius 2 is 2.03 bits per heavy atom.